The highest BCUT2D eigenvalue weighted by molar-refractivity contribution is 6.00. The van der Waals surface area contributed by atoms with Crippen LogP contribution < -0.4 is 14.8 Å². The monoisotopic (exact) mass is 495 g/mol. The number of likely N-dealkylation sites (tertiary alicyclic amines) is 1. The van der Waals surface area contributed by atoms with Gasteiger partial charge in [-0.1, -0.05) is 49.0 Å². The molecule has 0 radical (unpaired) electrons. The van der Waals surface area contributed by atoms with E-state index in [9.17, 15) is 9.59 Å². The van der Waals surface area contributed by atoms with Gasteiger partial charge in [0.2, 0.25) is 11.8 Å². The maximum atomic E-state index is 12.9. The molecule has 0 bridgehead atoms. The molecule has 37 heavy (non-hydrogen) atoms. The SMILES string of the molecule is C=CC(=O)N1CC(NC(=O)Cn2cc(-c3ccccc3OC)c3cc(-c4ccccc4OC)ccc32)C1. The number of nitrogens with one attached hydrogen (secondary N) is 1. The Morgan fingerprint density at radius 2 is 1.59 bits per heavy atom. The summed E-state index contributed by atoms with van der Waals surface area (Å²) < 4.78 is 13.2. The molecule has 7 heteroatoms. The van der Waals surface area contributed by atoms with Crippen molar-refractivity contribution in [2.45, 2.75) is 12.6 Å². The standard InChI is InChI=1S/C30H29N3O4/c1-4-30(35)33-16-21(17-33)31-29(34)19-32-18-25(23-10-6-8-12-28(23)37-3)24-15-20(13-14-26(24)32)22-9-5-7-11-27(22)36-2/h4-15,18,21H,1,16-17,19H2,2-3H3,(H,31,34). The number of rotatable bonds is 8. The fourth-order valence-corrected chi connectivity index (χ4v) is 4.87. The first kappa shape index (κ1) is 24.2. The van der Waals surface area contributed by atoms with Gasteiger partial charge in [0.25, 0.3) is 0 Å². The predicted octanol–water partition coefficient (Wildman–Crippen LogP) is 4.51. The van der Waals surface area contributed by atoms with Gasteiger partial charge in [-0.25, -0.2) is 0 Å². The number of benzene rings is 3. The first-order valence-electron chi connectivity index (χ1n) is 12.1. The zero-order valence-electron chi connectivity index (χ0n) is 20.9. The fourth-order valence-electron chi connectivity index (χ4n) is 4.87. The molecule has 0 unspecified atom stereocenters. The van der Waals surface area contributed by atoms with Crippen molar-refractivity contribution in [3.05, 3.63) is 85.6 Å². The summed E-state index contributed by atoms with van der Waals surface area (Å²) in [5.41, 5.74) is 4.87. The number of methoxy groups -OCH3 is 2. The summed E-state index contributed by atoms with van der Waals surface area (Å²) >= 11 is 0. The Balaban J connectivity index is 1.51. The summed E-state index contributed by atoms with van der Waals surface area (Å²) in [6, 6.07) is 22.0. The van der Waals surface area contributed by atoms with Crippen molar-refractivity contribution in [3.63, 3.8) is 0 Å². The van der Waals surface area contributed by atoms with E-state index in [4.69, 9.17) is 9.47 Å². The summed E-state index contributed by atoms with van der Waals surface area (Å²) in [5, 5.41) is 4.04. The lowest BCUT2D eigenvalue weighted by Gasteiger charge is -2.38. The molecule has 5 rings (SSSR count). The van der Waals surface area contributed by atoms with E-state index in [-0.39, 0.29) is 24.4 Å². The van der Waals surface area contributed by atoms with Crippen LogP contribution in [0.2, 0.25) is 0 Å². The third kappa shape index (κ3) is 4.68. The Labute approximate surface area is 215 Å². The van der Waals surface area contributed by atoms with E-state index in [1.165, 1.54) is 6.08 Å². The van der Waals surface area contributed by atoms with Gasteiger partial charge in [0.1, 0.15) is 18.0 Å². The predicted molar refractivity (Wildman–Crippen MR) is 145 cm³/mol. The van der Waals surface area contributed by atoms with Gasteiger partial charge >= 0.3 is 0 Å². The van der Waals surface area contributed by atoms with Crippen molar-refractivity contribution in [1.82, 2.24) is 14.8 Å². The second-order valence-electron chi connectivity index (χ2n) is 9.01. The van der Waals surface area contributed by atoms with E-state index in [1.54, 1.807) is 19.1 Å². The van der Waals surface area contributed by atoms with Crippen LogP contribution in [0.15, 0.2) is 85.6 Å². The van der Waals surface area contributed by atoms with Crippen molar-refractivity contribution >= 4 is 22.7 Å². The number of para-hydroxylation sites is 2. The number of amides is 2. The number of aromatic nitrogens is 1. The first-order chi connectivity index (χ1) is 18.0. The second-order valence-corrected chi connectivity index (χ2v) is 9.01. The first-order valence-corrected chi connectivity index (χ1v) is 12.1. The number of carbonyl (C=O) groups excluding carboxylic acids is 2. The van der Waals surface area contributed by atoms with E-state index >= 15 is 0 Å². The van der Waals surface area contributed by atoms with E-state index in [0.29, 0.717) is 13.1 Å². The molecule has 1 aliphatic heterocycles. The van der Waals surface area contributed by atoms with E-state index in [1.807, 2.05) is 71.4 Å². The summed E-state index contributed by atoms with van der Waals surface area (Å²) in [5.74, 6) is 1.33. The lowest BCUT2D eigenvalue weighted by Crippen LogP contribution is -2.61. The molecule has 2 heterocycles. The van der Waals surface area contributed by atoms with Crippen LogP contribution in [0, 0.1) is 0 Å². The number of fused-ring (bicyclic) bond motifs is 1. The van der Waals surface area contributed by atoms with Crippen LogP contribution in [0.5, 0.6) is 11.5 Å². The molecule has 1 aliphatic rings. The molecular formula is C30H29N3O4. The number of carbonyl (C=O) groups is 2. The van der Waals surface area contributed by atoms with Crippen LogP contribution in [-0.4, -0.2) is 54.6 Å². The minimum atomic E-state index is -0.116. The summed E-state index contributed by atoms with van der Waals surface area (Å²) in [6.07, 6.45) is 3.30. The number of hydrogen-bond acceptors (Lipinski definition) is 4. The van der Waals surface area contributed by atoms with Crippen molar-refractivity contribution in [1.29, 1.82) is 0 Å². The lowest BCUT2D eigenvalue weighted by molar-refractivity contribution is -0.133. The molecule has 0 atom stereocenters. The molecule has 188 valence electrons. The molecule has 3 aromatic carbocycles. The molecule has 2 amide bonds. The molecule has 7 nitrogen and oxygen atoms in total. The molecule has 1 aromatic heterocycles. The highest BCUT2D eigenvalue weighted by Gasteiger charge is 2.30. The zero-order chi connectivity index (χ0) is 25.9. The Hall–Kier alpha value is -4.52. The fraction of sp³-hybridized carbons (Fsp3) is 0.200. The van der Waals surface area contributed by atoms with Crippen LogP contribution in [0.1, 0.15) is 0 Å². The Kier molecular flexibility index (Phi) is 6.68. The van der Waals surface area contributed by atoms with Gasteiger partial charge in [-0.2, -0.15) is 0 Å². The highest BCUT2D eigenvalue weighted by atomic mass is 16.5. The normalized spacial score (nSPS) is 13.2. The van der Waals surface area contributed by atoms with Crippen molar-refractivity contribution < 1.29 is 19.1 Å². The van der Waals surface area contributed by atoms with E-state index in [2.05, 4.69) is 18.0 Å². The van der Waals surface area contributed by atoms with Gasteiger partial charge in [0.15, 0.2) is 0 Å². The quantitative estimate of drug-likeness (QED) is 0.365. The topological polar surface area (TPSA) is 72.8 Å². The molecule has 4 aromatic rings. The number of ether oxygens (including phenoxy) is 2. The Bertz CT molecular complexity index is 1480. The average molecular weight is 496 g/mol. The lowest BCUT2D eigenvalue weighted by atomic mass is 9.99. The third-order valence-corrected chi connectivity index (χ3v) is 6.74. The van der Waals surface area contributed by atoms with Crippen molar-refractivity contribution in [3.8, 4) is 33.8 Å². The minimum Gasteiger partial charge on any atom is -0.496 e. The highest BCUT2D eigenvalue weighted by Crippen LogP contribution is 2.39. The Morgan fingerprint density at radius 3 is 2.27 bits per heavy atom. The largest absolute Gasteiger partial charge is 0.496 e. The molecule has 1 saturated heterocycles. The molecule has 0 spiro atoms. The maximum Gasteiger partial charge on any atom is 0.246 e. The van der Waals surface area contributed by atoms with Crippen LogP contribution in [-0.2, 0) is 16.1 Å². The number of nitrogens with zero attached hydrogens (tertiary/aromatic N) is 2. The Morgan fingerprint density at radius 1 is 0.946 bits per heavy atom. The van der Waals surface area contributed by atoms with Gasteiger partial charge in [0.05, 0.1) is 20.3 Å². The van der Waals surface area contributed by atoms with E-state index in [0.717, 1.165) is 44.7 Å². The second kappa shape index (κ2) is 10.2. The zero-order valence-corrected chi connectivity index (χ0v) is 20.9. The van der Waals surface area contributed by atoms with Gasteiger partial charge in [-0.05, 0) is 35.9 Å². The molecular weight excluding hydrogens is 466 g/mol. The minimum absolute atomic E-state index is 0.0518. The van der Waals surface area contributed by atoms with Gasteiger partial charge in [-0.15, -0.1) is 0 Å². The van der Waals surface area contributed by atoms with Crippen LogP contribution in [0.3, 0.4) is 0 Å². The molecule has 1 N–H and O–H groups in total. The molecule has 0 saturated carbocycles. The van der Waals surface area contributed by atoms with Crippen molar-refractivity contribution in [2.24, 2.45) is 0 Å². The molecule has 1 fully saturated rings. The van der Waals surface area contributed by atoms with Crippen molar-refractivity contribution in [2.75, 3.05) is 27.3 Å². The number of hydrogen-bond donors (Lipinski definition) is 1. The summed E-state index contributed by atoms with van der Waals surface area (Å²) in [4.78, 5) is 26.3. The molecule has 0 aliphatic carbocycles. The van der Waals surface area contributed by atoms with Gasteiger partial charge in [-0.3, -0.25) is 9.59 Å². The maximum absolute atomic E-state index is 12.9. The third-order valence-electron chi connectivity index (χ3n) is 6.74. The summed E-state index contributed by atoms with van der Waals surface area (Å²) in [7, 11) is 3.33. The summed E-state index contributed by atoms with van der Waals surface area (Å²) in [6.45, 7) is 4.67. The van der Waals surface area contributed by atoms with Gasteiger partial charge in [0, 0.05) is 46.9 Å². The van der Waals surface area contributed by atoms with Crippen LogP contribution in [0.4, 0.5) is 0 Å². The van der Waals surface area contributed by atoms with Crippen LogP contribution >= 0.6 is 0 Å². The van der Waals surface area contributed by atoms with Crippen LogP contribution in [0.25, 0.3) is 33.2 Å². The average Bonchev–Trinajstić information content (AvgIpc) is 3.27. The van der Waals surface area contributed by atoms with E-state index < -0.39 is 0 Å². The van der Waals surface area contributed by atoms with Gasteiger partial charge < -0.3 is 24.3 Å². The smallest absolute Gasteiger partial charge is 0.246 e.